The Kier molecular flexibility index (Phi) is 30.6. The van der Waals surface area contributed by atoms with Gasteiger partial charge in [0, 0.05) is 11.4 Å². The summed E-state index contributed by atoms with van der Waals surface area (Å²) in [5, 5.41) is 0. The molecule has 13 heteroatoms. The molecule has 0 nitrogen and oxygen atoms in total. The lowest BCUT2D eigenvalue weighted by Crippen LogP contribution is -2.24. The molecule has 8 aliphatic rings. The smallest absolute Gasteiger partial charge is 0.194 e. The molecule has 608 valence electrons. The molecule has 0 saturated heterocycles. The monoisotopic (exact) mass is 1530 g/mol. The second kappa shape index (κ2) is 39.9. The first kappa shape index (κ1) is 83.6. The van der Waals surface area contributed by atoms with Crippen molar-refractivity contribution < 1.29 is 68.5 Å². The quantitative estimate of drug-likeness (QED) is 0.0894. The maximum Gasteiger partial charge on any atom is 0.194 e. The summed E-state index contributed by atoms with van der Waals surface area (Å²) < 4.78 is 172. The van der Waals surface area contributed by atoms with E-state index in [9.17, 15) is 57.1 Å². The summed E-state index contributed by atoms with van der Waals surface area (Å²) in [6.45, 7) is 11.7. The molecule has 8 fully saturated rings. The molecule has 0 spiro atoms. The van der Waals surface area contributed by atoms with E-state index in [0.717, 1.165) is 158 Å². The molecule has 0 radical (unpaired) electrons. The molecule has 7 aromatic carbocycles. The third-order valence-corrected chi connectivity index (χ3v) is 27.4. The molecule has 0 N–H and O–H groups in total. The van der Waals surface area contributed by atoms with Crippen LogP contribution in [0.15, 0.2) is 121 Å². The lowest BCUT2D eigenvalue weighted by molar-refractivity contribution is 0.165. The normalized spacial score (nSPS) is 28.6. The minimum absolute atomic E-state index is 0. The Morgan fingerprint density at radius 2 is 0.422 bits per heavy atom. The van der Waals surface area contributed by atoms with Gasteiger partial charge in [0.05, 0.1) is 0 Å². The van der Waals surface area contributed by atoms with Crippen molar-refractivity contribution in [3.8, 4) is 22.3 Å². The number of hydrogen-bond donors (Lipinski definition) is 0. The van der Waals surface area contributed by atoms with Gasteiger partial charge in [-0.25, -0.2) is 57.1 Å². The highest BCUT2D eigenvalue weighted by Gasteiger charge is 2.34. The first-order valence-corrected chi connectivity index (χ1v) is 41.9. The van der Waals surface area contributed by atoms with Crippen molar-refractivity contribution in [3.63, 3.8) is 0 Å². The maximum absolute atomic E-state index is 13.4. The van der Waals surface area contributed by atoms with Gasteiger partial charge >= 0.3 is 0 Å². The number of hydrogen-bond acceptors (Lipinski definition) is 0. The summed E-state index contributed by atoms with van der Waals surface area (Å²) in [5.74, 6) is -2.25. The van der Waals surface area contributed by atoms with E-state index in [2.05, 4.69) is 46.8 Å². The SMILES string of the molecule is CC1CCC(C2CCC(c3cc(F)c(F)c(F)c3)CC2)CC1.CC1CCC(C2CCC(c3ccc(F)c(F)c3)CC2)CC1.CC1CCC(CC2CCC(c3cc(F)c(F)c(F)c3)CC2)CC1.CC1CCC(c2ccc(-c3cc(F)c(F)c(F)c3)cc2)CC1.CC1CCC(c2ccc(-c3ccc(F)c(F)c3)cc2)CC1.[HH].[HH].[HH].[HH].[HH].[HH].[HH].[HH]. The fourth-order valence-electron chi connectivity index (χ4n) is 20.0. The van der Waals surface area contributed by atoms with Gasteiger partial charge in [-0.15, -0.1) is 0 Å². The fraction of sp³-hybridized carbons (Fsp3) is 0.562. The fourth-order valence-corrected chi connectivity index (χ4v) is 20.0. The molecular weight excluding hydrogens is 1400 g/mol. The van der Waals surface area contributed by atoms with Gasteiger partial charge in [0.25, 0.3) is 0 Å². The highest BCUT2D eigenvalue weighted by Crippen LogP contribution is 2.48. The van der Waals surface area contributed by atoms with Crippen LogP contribution in [0.25, 0.3) is 22.3 Å². The molecule has 0 amide bonds. The largest absolute Gasteiger partial charge is 0.204 e. The minimum Gasteiger partial charge on any atom is -0.204 e. The van der Waals surface area contributed by atoms with Crippen molar-refractivity contribution in [1.82, 2.24) is 0 Å². The van der Waals surface area contributed by atoms with Crippen LogP contribution < -0.4 is 0 Å². The summed E-state index contributed by atoms with van der Waals surface area (Å²) >= 11 is 0. The van der Waals surface area contributed by atoms with E-state index in [1.807, 2.05) is 36.4 Å². The molecule has 0 heterocycles. The second-order valence-corrected chi connectivity index (χ2v) is 35.2. The van der Waals surface area contributed by atoms with Crippen LogP contribution in [0.5, 0.6) is 0 Å². The Morgan fingerprint density at radius 1 is 0.202 bits per heavy atom. The predicted molar refractivity (Wildman–Crippen MR) is 432 cm³/mol. The Hall–Kier alpha value is -6.37. The molecule has 0 aliphatic heterocycles. The van der Waals surface area contributed by atoms with Crippen LogP contribution in [-0.4, -0.2) is 0 Å². The van der Waals surface area contributed by atoms with Crippen LogP contribution in [-0.2, 0) is 0 Å². The lowest BCUT2D eigenvalue weighted by atomic mass is 9.68. The zero-order valence-corrected chi connectivity index (χ0v) is 65.0. The average Bonchev–Trinajstić information content (AvgIpc) is 0.824. The first-order valence-electron chi connectivity index (χ1n) is 41.9. The summed E-state index contributed by atoms with van der Waals surface area (Å²) in [6, 6.07) is 31.4. The van der Waals surface area contributed by atoms with E-state index in [-0.39, 0.29) is 23.2 Å². The van der Waals surface area contributed by atoms with Crippen LogP contribution in [0, 0.1) is 141 Å². The summed E-state index contributed by atoms with van der Waals surface area (Å²) in [6.07, 6.45) is 41.1. The molecule has 0 atom stereocenters. The van der Waals surface area contributed by atoms with Crippen LogP contribution in [0.3, 0.4) is 0 Å². The minimum atomic E-state index is -1.42. The standard InChI is InChI=1S/C20H27F3.C19H25F3.C19H19F3.C19H26F2.C19H20F2.8H2/c1-13-2-4-14(5-3-13)10-15-6-8-16(9-7-15)17-11-18(21)20(23)19(22)12-17;2*1-12-2-4-13(5-3-12)14-6-8-15(9-7-14)16-10-17(20)19(22)18(21)11-16;2*1-13-2-4-14(5-3-13)15-6-8-16(9-7-15)17-10-11-18(20)19(21)12-17;;;;;;;;/h11-16H,2-10H2,1H3;10-15H,2-9H2,1H3;6-13H,2-5H2,1H3;10-16H,2-9H2,1H3;6-14H,2-5H2,1H3;8*1H. The maximum atomic E-state index is 13.4. The van der Waals surface area contributed by atoms with Crippen LogP contribution in [0.2, 0.25) is 0 Å². The van der Waals surface area contributed by atoms with Crippen molar-refractivity contribution >= 4 is 0 Å². The van der Waals surface area contributed by atoms with Crippen molar-refractivity contribution in [2.75, 3.05) is 0 Å². The highest BCUT2D eigenvalue weighted by atomic mass is 19.2. The molecule has 109 heavy (non-hydrogen) atoms. The first-order chi connectivity index (χ1) is 52.4. The Bertz CT molecular complexity index is 3920. The zero-order chi connectivity index (χ0) is 77.4. The Labute approximate surface area is 653 Å². The van der Waals surface area contributed by atoms with E-state index in [0.29, 0.717) is 40.0 Å². The highest BCUT2D eigenvalue weighted by molar-refractivity contribution is 5.65. The molecule has 8 saturated carbocycles. The molecule has 0 bridgehead atoms. The van der Waals surface area contributed by atoms with Gasteiger partial charge in [-0.3, -0.25) is 0 Å². The van der Waals surface area contributed by atoms with E-state index >= 15 is 0 Å². The lowest BCUT2D eigenvalue weighted by Gasteiger charge is -2.37. The van der Waals surface area contributed by atoms with E-state index in [1.165, 1.54) is 207 Å². The van der Waals surface area contributed by atoms with Crippen molar-refractivity contribution in [2.45, 2.75) is 276 Å². The van der Waals surface area contributed by atoms with Gasteiger partial charge in [-0.2, -0.15) is 0 Å². The molecule has 0 aromatic heterocycles. The Balaban J connectivity index is 0.000000372. The van der Waals surface area contributed by atoms with Gasteiger partial charge in [-0.1, -0.05) is 172 Å². The molecular formula is C96H133F13. The van der Waals surface area contributed by atoms with Gasteiger partial charge in [0.1, 0.15) is 0 Å². The van der Waals surface area contributed by atoms with Crippen LogP contribution in [0.4, 0.5) is 57.1 Å². The summed E-state index contributed by atoms with van der Waals surface area (Å²) in [5.41, 5.74) is 7.61. The van der Waals surface area contributed by atoms with Crippen LogP contribution in [0.1, 0.15) is 315 Å². The van der Waals surface area contributed by atoms with Gasteiger partial charge in [-0.05, 0) is 340 Å². The molecule has 0 unspecified atom stereocenters. The van der Waals surface area contributed by atoms with Crippen molar-refractivity contribution in [2.24, 2.45) is 65.1 Å². The molecule has 7 aromatic rings. The predicted octanol–water partition coefficient (Wildman–Crippen LogP) is 32.8. The van der Waals surface area contributed by atoms with Crippen LogP contribution >= 0.6 is 0 Å². The second-order valence-electron chi connectivity index (χ2n) is 35.2. The Morgan fingerprint density at radius 3 is 0.771 bits per heavy atom. The summed E-state index contributed by atoms with van der Waals surface area (Å²) in [4.78, 5) is 0. The zero-order valence-electron chi connectivity index (χ0n) is 65.0. The van der Waals surface area contributed by atoms with Crippen molar-refractivity contribution in [1.29, 1.82) is 0 Å². The van der Waals surface area contributed by atoms with E-state index < -0.39 is 75.6 Å². The van der Waals surface area contributed by atoms with E-state index in [1.54, 1.807) is 12.1 Å². The van der Waals surface area contributed by atoms with Gasteiger partial charge < -0.3 is 0 Å². The summed E-state index contributed by atoms with van der Waals surface area (Å²) in [7, 11) is 0. The van der Waals surface area contributed by atoms with Gasteiger partial charge in [0.2, 0.25) is 0 Å². The third-order valence-electron chi connectivity index (χ3n) is 27.4. The molecule has 8 aliphatic carbocycles. The molecule has 15 rings (SSSR count). The van der Waals surface area contributed by atoms with Crippen molar-refractivity contribution in [3.05, 3.63) is 225 Å². The number of benzene rings is 7. The third kappa shape index (κ3) is 23.4. The van der Waals surface area contributed by atoms with E-state index in [4.69, 9.17) is 0 Å². The number of rotatable bonds is 11. The number of halogens is 13. The average molecular weight is 1530 g/mol. The topological polar surface area (TPSA) is 0 Å². The van der Waals surface area contributed by atoms with Gasteiger partial charge in [0.15, 0.2) is 75.6 Å².